The van der Waals surface area contributed by atoms with Gasteiger partial charge in [0.2, 0.25) is 5.88 Å². The summed E-state index contributed by atoms with van der Waals surface area (Å²) in [5.41, 5.74) is -1.90. The molecule has 0 atom stereocenters. The van der Waals surface area contributed by atoms with Gasteiger partial charge in [-0.2, -0.15) is 5.26 Å². The molecule has 0 aliphatic carbocycles. The Hall–Kier alpha value is -3.78. The number of aliphatic hydroxyl groups excluding tert-OH is 1. The molecule has 0 radical (unpaired) electrons. The van der Waals surface area contributed by atoms with Crippen molar-refractivity contribution in [3.63, 3.8) is 0 Å². The van der Waals surface area contributed by atoms with E-state index in [0.29, 0.717) is 0 Å². The van der Waals surface area contributed by atoms with Crippen molar-refractivity contribution in [1.82, 2.24) is 4.57 Å². The number of hydrogen-bond donors (Lipinski definition) is 3. The SMILES string of the molecule is Cc1c(C#N)c(O)n(CCO)c(=O)c1N=Nc1cc([N+](=O)[O-])ccc1O. The van der Waals surface area contributed by atoms with E-state index in [2.05, 4.69) is 10.2 Å². The maximum atomic E-state index is 12.4. The minimum atomic E-state index is -0.818. The van der Waals surface area contributed by atoms with Crippen molar-refractivity contribution in [2.24, 2.45) is 10.2 Å². The number of azo groups is 1. The molecule has 0 amide bonds. The molecule has 0 unspecified atom stereocenters. The number of aliphatic hydroxyl groups is 1. The number of rotatable bonds is 5. The number of aromatic hydroxyl groups is 2. The van der Waals surface area contributed by atoms with Crippen LogP contribution in [0.1, 0.15) is 11.1 Å². The Morgan fingerprint density at radius 1 is 1.35 bits per heavy atom. The van der Waals surface area contributed by atoms with Gasteiger partial charge in [-0.25, -0.2) is 0 Å². The number of nitriles is 1. The summed E-state index contributed by atoms with van der Waals surface area (Å²) >= 11 is 0. The molecular weight excluding hydrogens is 346 g/mol. The first kappa shape index (κ1) is 18.6. The maximum Gasteiger partial charge on any atom is 0.281 e. The number of nitro groups is 1. The van der Waals surface area contributed by atoms with Crippen molar-refractivity contribution in [3.05, 3.63) is 49.8 Å². The molecule has 2 rings (SSSR count). The van der Waals surface area contributed by atoms with Gasteiger partial charge in [0.25, 0.3) is 11.2 Å². The summed E-state index contributed by atoms with van der Waals surface area (Å²) in [5, 5.41) is 56.0. The number of nitrogens with zero attached hydrogens (tertiary/aromatic N) is 5. The Morgan fingerprint density at radius 2 is 2.04 bits per heavy atom. The Bertz CT molecular complexity index is 1010. The number of phenolic OH excluding ortho intramolecular Hbond substituents is 1. The van der Waals surface area contributed by atoms with Crippen LogP contribution in [0.3, 0.4) is 0 Å². The third-order valence-corrected chi connectivity index (χ3v) is 3.52. The third kappa shape index (κ3) is 3.35. The van der Waals surface area contributed by atoms with Gasteiger partial charge in [0, 0.05) is 17.7 Å². The molecule has 0 aliphatic heterocycles. The summed E-state index contributed by atoms with van der Waals surface area (Å²) < 4.78 is 0.757. The molecular formula is C15H13N5O6. The zero-order valence-corrected chi connectivity index (χ0v) is 13.4. The number of non-ortho nitro benzene ring substituents is 1. The predicted octanol–water partition coefficient (Wildman–Crippen LogP) is 1.76. The molecule has 134 valence electrons. The van der Waals surface area contributed by atoms with Gasteiger partial charge in [0.15, 0.2) is 5.69 Å². The minimum absolute atomic E-state index is 0.0397. The zero-order valence-electron chi connectivity index (χ0n) is 13.4. The molecule has 0 saturated carbocycles. The van der Waals surface area contributed by atoms with Crippen LogP contribution in [0.5, 0.6) is 11.6 Å². The number of phenols is 1. The van der Waals surface area contributed by atoms with Crippen LogP contribution in [0, 0.1) is 28.4 Å². The molecule has 0 fully saturated rings. The van der Waals surface area contributed by atoms with Crippen molar-refractivity contribution in [2.45, 2.75) is 13.5 Å². The van der Waals surface area contributed by atoms with E-state index in [1.54, 1.807) is 6.07 Å². The lowest BCUT2D eigenvalue weighted by Gasteiger charge is -2.11. The van der Waals surface area contributed by atoms with Crippen molar-refractivity contribution < 1.29 is 20.2 Å². The van der Waals surface area contributed by atoms with E-state index in [1.807, 2.05) is 0 Å². The van der Waals surface area contributed by atoms with Gasteiger partial charge in [-0.1, -0.05) is 0 Å². The van der Waals surface area contributed by atoms with Crippen LogP contribution in [0.25, 0.3) is 0 Å². The van der Waals surface area contributed by atoms with Crippen molar-refractivity contribution in [1.29, 1.82) is 5.26 Å². The number of pyridine rings is 1. The van der Waals surface area contributed by atoms with Crippen LogP contribution in [-0.2, 0) is 6.54 Å². The Kier molecular flexibility index (Phi) is 5.29. The highest BCUT2D eigenvalue weighted by atomic mass is 16.6. The quantitative estimate of drug-likeness (QED) is 0.414. The molecule has 0 bridgehead atoms. The first-order valence-corrected chi connectivity index (χ1v) is 7.18. The van der Waals surface area contributed by atoms with Crippen molar-refractivity contribution in [2.75, 3.05) is 6.61 Å². The molecule has 26 heavy (non-hydrogen) atoms. The number of hydrogen-bond acceptors (Lipinski definition) is 9. The topological polar surface area (TPSA) is 174 Å². The average molecular weight is 359 g/mol. The summed E-state index contributed by atoms with van der Waals surface area (Å²) in [5.74, 6) is -1.01. The normalized spacial score (nSPS) is 10.8. The highest BCUT2D eigenvalue weighted by molar-refractivity contribution is 5.59. The first-order valence-electron chi connectivity index (χ1n) is 7.18. The highest BCUT2D eigenvalue weighted by Crippen LogP contribution is 2.32. The number of nitro benzene ring substituents is 1. The summed E-state index contributed by atoms with van der Waals surface area (Å²) in [7, 11) is 0. The molecule has 1 heterocycles. The van der Waals surface area contributed by atoms with Gasteiger partial charge in [-0.3, -0.25) is 19.5 Å². The molecule has 0 saturated heterocycles. The monoisotopic (exact) mass is 359 g/mol. The van der Waals surface area contributed by atoms with E-state index in [-0.39, 0.29) is 34.7 Å². The van der Waals surface area contributed by atoms with E-state index < -0.39 is 28.7 Å². The second kappa shape index (κ2) is 7.41. The van der Waals surface area contributed by atoms with Gasteiger partial charge in [0.1, 0.15) is 23.1 Å². The molecule has 11 nitrogen and oxygen atoms in total. The summed E-state index contributed by atoms with van der Waals surface area (Å²) in [4.78, 5) is 22.5. The largest absolute Gasteiger partial charge is 0.506 e. The smallest absolute Gasteiger partial charge is 0.281 e. The van der Waals surface area contributed by atoms with Gasteiger partial charge < -0.3 is 15.3 Å². The standard InChI is InChI=1S/C15H13N5O6/c1-8-10(7-16)14(23)19(4-5-21)15(24)13(8)18-17-11-6-9(20(25)26)2-3-12(11)22/h2-3,6,21-23H,4-5H2,1H3. The summed E-state index contributed by atoms with van der Waals surface area (Å²) in [6.45, 7) is 0.623. The molecule has 2 aromatic rings. The van der Waals surface area contributed by atoms with Crippen LogP contribution < -0.4 is 5.56 Å². The lowest BCUT2D eigenvalue weighted by Crippen LogP contribution is -2.23. The average Bonchev–Trinajstić information content (AvgIpc) is 2.60. The van der Waals surface area contributed by atoms with E-state index in [0.717, 1.165) is 22.8 Å². The fraction of sp³-hybridized carbons (Fsp3) is 0.200. The van der Waals surface area contributed by atoms with E-state index in [4.69, 9.17) is 10.4 Å². The Balaban J connectivity index is 2.64. The van der Waals surface area contributed by atoms with Crippen LogP contribution in [0.2, 0.25) is 0 Å². The number of benzene rings is 1. The molecule has 1 aromatic carbocycles. The van der Waals surface area contributed by atoms with Gasteiger partial charge in [0.05, 0.1) is 18.1 Å². The van der Waals surface area contributed by atoms with Crippen molar-refractivity contribution in [3.8, 4) is 17.7 Å². The summed E-state index contributed by atoms with van der Waals surface area (Å²) in [6, 6.07) is 4.82. The molecule has 1 aromatic heterocycles. The van der Waals surface area contributed by atoms with E-state index in [9.17, 15) is 25.1 Å². The predicted molar refractivity (Wildman–Crippen MR) is 87.8 cm³/mol. The second-order valence-electron chi connectivity index (χ2n) is 5.09. The minimum Gasteiger partial charge on any atom is -0.506 e. The van der Waals surface area contributed by atoms with Crippen LogP contribution in [-0.4, -0.2) is 31.4 Å². The van der Waals surface area contributed by atoms with Gasteiger partial charge >= 0.3 is 0 Å². The first-order chi connectivity index (χ1) is 12.3. The van der Waals surface area contributed by atoms with Crippen LogP contribution in [0.4, 0.5) is 17.1 Å². The van der Waals surface area contributed by atoms with E-state index >= 15 is 0 Å². The summed E-state index contributed by atoms with van der Waals surface area (Å²) in [6.07, 6.45) is 0. The molecule has 0 aliphatic rings. The molecule has 0 spiro atoms. The fourth-order valence-corrected chi connectivity index (χ4v) is 2.17. The Morgan fingerprint density at radius 3 is 2.62 bits per heavy atom. The fourth-order valence-electron chi connectivity index (χ4n) is 2.17. The van der Waals surface area contributed by atoms with Crippen LogP contribution >= 0.6 is 0 Å². The Labute approximate surface area is 145 Å². The second-order valence-corrected chi connectivity index (χ2v) is 5.09. The van der Waals surface area contributed by atoms with Crippen LogP contribution in [0.15, 0.2) is 33.2 Å². The number of aromatic nitrogens is 1. The lowest BCUT2D eigenvalue weighted by molar-refractivity contribution is -0.384. The zero-order chi connectivity index (χ0) is 19.4. The molecule has 11 heteroatoms. The molecule has 3 N–H and O–H groups in total. The lowest BCUT2D eigenvalue weighted by atomic mass is 10.1. The van der Waals surface area contributed by atoms with E-state index in [1.165, 1.54) is 6.92 Å². The van der Waals surface area contributed by atoms with Gasteiger partial charge in [-0.15, -0.1) is 10.2 Å². The van der Waals surface area contributed by atoms with Crippen molar-refractivity contribution >= 4 is 17.1 Å². The highest BCUT2D eigenvalue weighted by Gasteiger charge is 2.19. The maximum absolute atomic E-state index is 12.4. The third-order valence-electron chi connectivity index (χ3n) is 3.52. The van der Waals surface area contributed by atoms with Gasteiger partial charge in [-0.05, 0) is 13.0 Å².